The molecule has 0 spiro atoms. The van der Waals surface area contributed by atoms with E-state index in [4.69, 9.17) is 5.73 Å². The van der Waals surface area contributed by atoms with E-state index in [0.717, 1.165) is 6.42 Å². The molecule has 0 bridgehead atoms. The molecule has 74 valence electrons. The molecule has 1 aliphatic rings. The van der Waals surface area contributed by atoms with Crippen molar-refractivity contribution in [2.45, 2.75) is 40.2 Å². The van der Waals surface area contributed by atoms with Crippen LogP contribution >= 0.6 is 0 Å². The van der Waals surface area contributed by atoms with Crippen molar-refractivity contribution in [2.75, 3.05) is 0 Å². The largest absolute Gasteiger partial charge is 0.327 e. The topological polar surface area (TPSA) is 26.0 Å². The Morgan fingerprint density at radius 3 is 2.54 bits per heavy atom. The molecule has 1 aliphatic carbocycles. The van der Waals surface area contributed by atoms with Crippen LogP contribution in [-0.2, 0) is 0 Å². The maximum absolute atomic E-state index is 5.99. The van der Waals surface area contributed by atoms with Gasteiger partial charge in [-0.2, -0.15) is 0 Å². The van der Waals surface area contributed by atoms with Gasteiger partial charge in [0, 0.05) is 6.04 Å². The summed E-state index contributed by atoms with van der Waals surface area (Å²) in [6.07, 6.45) is 7.74. The van der Waals surface area contributed by atoms with Gasteiger partial charge in [0.15, 0.2) is 0 Å². The van der Waals surface area contributed by atoms with Gasteiger partial charge in [-0.1, -0.05) is 45.9 Å². The van der Waals surface area contributed by atoms with E-state index < -0.39 is 0 Å². The second-order valence-electron chi connectivity index (χ2n) is 5.03. The zero-order chi connectivity index (χ0) is 10.1. The molecule has 1 nitrogen and oxygen atoms in total. The Morgan fingerprint density at radius 2 is 2.00 bits per heavy atom. The van der Waals surface area contributed by atoms with Crippen molar-refractivity contribution in [3.63, 3.8) is 0 Å². The zero-order valence-electron chi connectivity index (χ0n) is 9.17. The van der Waals surface area contributed by atoms with Gasteiger partial charge in [-0.25, -0.2) is 0 Å². The standard InChI is InChI=1S/C12H21N/c1-9-8-10(12(2,3)4)6-5-7-11(9)13/h5-6,8-9,11H,7,13H2,1-4H3/t9?,11-/m1/s1. The van der Waals surface area contributed by atoms with Crippen molar-refractivity contribution in [3.8, 4) is 0 Å². The van der Waals surface area contributed by atoms with Gasteiger partial charge in [0.25, 0.3) is 0 Å². The number of rotatable bonds is 0. The van der Waals surface area contributed by atoms with Gasteiger partial charge in [0.05, 0.1) is 0 Å². The Bertz CT molecular complexity index is 230. The van der Waals surface area contributed by atoms with Crippen LogP contribution < -0.4 is 5.73 Å². The average molecular weight is 179 g/mol. The average Bonchev–Trinajstić information content (AvgIpc) is 2.13. The first-order valence-electron chi connectivity index (χ1n) is 5.05. The van der Waals surface area contributed by atoms with Crippen LogP contribution in [0.25, 0.3) is 0 Å². The predicted molar refractivity (Wildman–Crippen MR) is 58.4 cm³/mol. The quantitative estimate of drug-likeness (QED) is 0.608. The summed E-state index contributed by atoms with van der Waals surface area (Å²) in [5.41, 5.74) is 7.64. The fourth-order valence-electron chi connectivity index (χ4n) is 1.53. The maximum atomic E-state index is 5.99. The SMILES string of the molecule is CC1C=C(C(C)(C)C)C=CC[C@H]1N. The number of nitrogens with two attached hydrogens (primary N) is 1. The molecule has 0 aromatic rings. The smallest absolute Gasteiger partial charge is 0.0134 e. The lowest BCUT2D eigenvalue weighted by Gasteiger charge is -2.21. The van der Waals surface area contributed by atoms with Crippen molar-refractivity contribution in [1.29, 1.82) is 0 Å². The molecule has 0 saturated heterocycles. The fraction of sp³-hybridized carbons (Fsp3) is 0.667. The Labute approximate surface area is 81.7 Å². The van der Waals surface area contributed by atoms with E-state index in [1.165, 1.54) is 5.57 Å². The summed E-state index contributed by atoms with van der Waals surface area (Å²) in [5, 5.41) is 0. The first kappa shape index (κ1) is 10.5. The number of hydrogen-bond acceptors (Lipinski definition) is 1. The van der Waals surface area contributed by atoms with Crippen LogP contribution in [0.2, 0.25) is 0 Å². The van der Waals surface area contributed by atoms with Crippen molar-refractivity contribution in [3.05, 3.63) is 23.8 Å². The minimum Gasteiger partial charge on any atom is -0.327 e. The van der Waals surface area contributed by atoms with Crippen molar-refractivity contribution < 1.29 is 0 Å². The van der Waals surface area contributed by atoms with E-state index in [0.29, 0.717) is 5.92 Å². The number of hydrogen-bond donors (Lipinski definition) is 1. The summed E-state index contributed by atoms with van der Waals surface area (Å²) in [6.45, 7) is 8.93. The summed E-state index contributed by atoms with van der Waals surface area (Å²) in [5.74, 6) is 0.490. The highest BCUT2D eigenvalue weighted by Crippen LogP contribution is 2.30. The molecular weight excluding hydrogens is 158 g/mol. The molecule has 0 heterocycles. The highest BCUT2D eigenvalue weighted by molar-refractivity contribution is 5.27. The molecule has 2 atom stereocenters. The Morgan fingerprint density at radius 1 is 1.38 bits per heavy atom. The summed E-state index contributed by atoms with van der Waals surface area (Å²) >= 11 is 0. The summed E-state index contributed by atoms with van der Waals surface area (Å²) < 4.78 is 0. The van der Waals surface area contributed by atoms with Gasteiger partial charge < -0.3 is 5.73 Å². The lowest BCUT2D eigenvalue weighted by molar-refractivity contribution is 0.499. The van der Waals surface area contributed by atoms with E-state index in [9.17, 15) is 0 Å². The van der Waals surface area contributed by atoms with Crippen LogP contribution in [0.15, 0.2) is 23.8 Å². The molecule has 0 aromatic heterocycles. The van der Waals surface area contributed by atoms with Gasteiger partial charge in [-0.15, -0.1) is 0 Å². The van der Waals surface area contributed by atoms with Crippen LogP contribution in [0, 0.1) is 11.3 Å². The van der Waals surface area contributed by atoms with Gasteiger partial charge in [-0.3, -0.25) is 0 Å². The van der Waals surface area contributed by atoms with Crippen molar-refractivity contribution in [1.82, 2.24) is 0 Å². The molecular formula is C12H21N. The van der Waals surface area contributed by atoms with Crippen LogP contribution in [0.3, 0.4) is 0 Å². The third kappa shape index (κ3) is 2.70. The van der Waals surface area contributed by atoms with E-state index >= 15 is 0 Å². The summed E-state index contributed by atoms with van der Waals surface area (Å²) in [7, 11) is 0. The molecule has 0 saturated carbocycles. The monoisotopic (exact) mass is 179 g/mol. The van der Waals surface area contributed by atoms with Gasteiger partial charge >= 0.3 is 0 Å². The van der Waals surface area contributed by atoms with E-state index in [1.54, 1.807) is 0 Å². The molecule has 0 amide bonds. The molecule has 1 heteroatoms. The predicted octanol–water partition coefficient (Wildman–Crippen LogP) is 2.88. The lowest BCUT2D eigenvalue weighted by atomic mass is 9.84. The highest BCUT2D eigenvalue weighted by atomic mass is 14.6. The summed E-state index contributed by atoms with van der Waals surface area (Å²) in [6, 6.07) is 0.288. The number of allylic oxidation sites excluding steroid dienone is 2. The van der Waals surface area contributed by atoms with E-state index in [1.807, 2.05) is 0 Å². The maximum Gasteiger partial charge on any atom is 0.0134 e. The molecule has 0 radical (unpaired) electrons. The minimum atomic E-state index is 0.245. The molecule has 1 rings (SSSR count). The molecule has 1 unspecified atom stereocenters. The molecule has 0 fully saturated rings. The Kier molecular flexibility index (Phi) is 2.97. The Hall–Kier alpha value is -0.560. The van der Waals surface area contributed by atoms with Gasteiger partial charge in [0.2, 0.25) is 0 Å². The second-order valence-corrected chi connectivity index (χ2v) is 5.03. The zero-order valence-corrected chi connectivity index (χ0v) is 9.17. The first-order chi connectivity index (χ1) is 5.91. The van der Waals surface area contributed by atoms with Gasteiger partial charge in [-0.05, 0) is 23.3 Å². The molecule has 13 heavy (non-hydrogen) atoms. The van der Waals surface area contributed by atoms with Crippen LogP contribution in [0.5, 0.6) is 0 Å². The van der Waals surface area contributed by atoms with E-state index in [2.05, 4.69) is 45.9 Å². The second kappa shape index (κ2) is 3.67. The lowest BCUT2D eigenvalue weighted by Crippen LogP contribution is -2.26. The van der Waals surface area contributed by atoms with Crippen LogP contribution in [-0.4, -0.2) is 6.04 Å². The minimum absolute atomic E-state index is 0.245. The third-order valence-corrected chi connectivity index (χ3v) is 2.69. The van der Waals surface area contributed by atoms with Gasteiger partial charge in [0.1, 0.15) is 0 Å². The third-order valence-electron chi connectivity index (χ3n) is 2.69. The highest BCUT2D eigenvalue weighted by Gasteiger charge is 2.19. The normalized spacial score (nSPS) is 29.8. The molecule has 0 aliphatic heterocycles. The van der Waals surface area contributed by atoms with E-state index in [-0.39, 0.29) is 11.5 Å². The molecule has 0 aromatic carbocycles. The first-order valence-corrected chi connectivity index (χ1v) is 5.05. The fourth-order valence-corrected chi connectivity index (χ4v) is 1.53. The molecule has 2 N–H and O–H groups in total. The van der Waals surface area contributed by atoms with Crippen molar-refractivity contribution in [2.24, 2.45) is 17.1 Å². The Balaban J connectivity index is 2.90. The van der Waals surface area contributed by atoms with Crippen LogP contribution in [0.4, 0.5) is 0 Å². The summed E-state index contributed by atoms with van der Waals surface area (Å²) in [4.78, 5) is 0. The van der Waals surface area contributed by atoms with Crippen LogP contribution in [0.1, 0.15) is 34.1 Å². The van der Waals surface area contributed by atoms with Crippen molar-refractivity contribution >= 4 is 0 Å².